The zero-order valence-corrected chi connectivity index (χ0v) is 5.40. The molecule has 0 unspecified atom stereocenters. The van der Waals surface area contributed by atoms with Crippen LogP contribution in [0.1, 0.15) is 6.92 Å². The third kappa shape index (κ3) is 4.57. The van der Waals surface area contributed by atoms with Crippen molar-refractivity contribution >= 4 is 18.0 Å². The lowest BCUT2D eigenvalue weighted by Gasteiger charge is -1.90. The average molecular weight is 144 g/mol. The van der Waals surface area contributed by atoms with Crippen LogP contribution in [0.3, 0.4) is 0 Å². The molecule has 0 saturated heterocycles. The van der Waals surface area contributed by atoms with Crippen molar-refractivity contribution < 1.29 is 10.0 Å². The summed E-state index contributed by atoms with van der Waals surface area (Å²) >= 11 is 0. The number of urea groups is 1. The first-order chi connectivity index (χ1) is 4.66. The molecule has 2 amide bonds. The molecule has 4 N–H and O–H groups in total. The van der Waals surface area contributed by atoms with E-state index in [-0.39, 0.29) is 0 Å². The maximum absolute atomic E-state index is 10.0. The molecule has 0 aromatic heterocycles. The Morgan fingerprint density at radius 3 is 2.80 bits per heavy atom. The average Bonchev–Trinajstić information content (AvgIpc) is 1.85. The number of hydrogen-bond acceptors (Lipinski definition) is 4. The molecular formula is C4H8N4O2. The molecule has 6 nitrogen and oxygen atoms in total. The van der Waals surface area contributed by atoms with Crippen LogP contribution in [0.4, 0.5) is 4.79 Å². The van der Waals surface area contributed by atoms with Gasteiger partial charge in [-0.05, 0) is 6.92 Å². The maximum Gasteiger partial charge on any atom is 0.332 e. The van der Waals surface area contributed by atoms with Gasteiger partial charge in [0.1, 0.15) is 0 Å². The third-order valence-corrected chi connectivity index (χ3v) is 0.587. The molecule has 0 spiro atoms. The highest BCUT2D eigenvalue weighted by atomic mass is 16.4. The molecule has 0 bridgehead atoms. The van der Waals surface area contributed by atoms with Gasteiger partial charge >= 0.3 is 6.03 Å². The topological polar surface area (TPSA) is 100 Å². The van der Waals surface area contributed by atoms with Gasteiger partial charge in [-0.3, -0.25) is 0 Å². The van der Waals surface area contributed by atoms with E-state index in [9.17, 15) is 4.79 Å². The number of primary amides is 1. The minimum Gasteiger partial charge on any atom is -0.411 e. The first-order valence-corrected chi connectivity index (χ1v) is 2.44. The fraction of sp³-hybridized carbons (Fsp3) is 0.250. The molecule has 0 aromatic carbocycles. The van der Waals surface area contributed by atoms with Crippen LogP contribution in [-0.2, 0) is 0 Å². The predicted molar refractivity (Wildman–Crippen MR) is 36.1 cm³/mol. The number of carbonyl (C=O) groups is 1. The van der Waals surface area contributed by atoms with E-state index in [4.69, 9.17) is 5.21 Å². The quantitative estimate of drug-likeness (QED) is 0.276. The van der Waals surface area contributed by atoms with E-state index in [1.165, 1.54) is 6.92 Å². The summed E-state index contributed by atoms with van der Waals surface area (Å²) in [5.41, 5.74) is 6.98. The summed E-state index contributed by atoms with van der Waals surface area (Å²) in [6.45, 7) is 1.54. The van der Waals surface area contributed by atoms with Crippen LogP contribution in [0.5, 0.6) is 0 Å². The van der Waals surface area contributed by atoms with Gasteiger partial charge in [-0.1, -0.05) is 5.16 Å². The zero-order chi connectivity index (χ0) is 7.98. The highest BCUT2D eigenvalue weighted by molar-refractivity contribution is 6.29. The van der Waals surface area contributed by atoms with Crippen LogP contribution >= 0.6 is 0 Å². The van der Waals surface area contributed by atoms with Crippen molar-refractivity contribution in [2.45, 2.75) is 6.92 Å². The highest BCUT2D eigenvalue weighted by Gasteiger charge is 1.86. The second-order valence-electron chi connectivity index (χ2n) is 1.47. The van der Waals surface area contributed by atoms with E-state index in [0.29, 0.717) is 5.71 Å². The van der Waals surface area contributed by atoms with Gasteiger partial charge in [0.15, 0.2) is 0 Å². The number of nitrogens with one attached hydrogen (secondary N) is 1. The highest BCUT2D eigenvalue weighted by Crippen LogP contribution is 1.68. The molecule has 0 aliphatic rings. The number of hydrazone groups is 1. The molecular weight excluding hydrogens is 136 g/mol. The number of rotatable bonds is 2. The molecule has 0 atom stereocenters. The zero-order valence-electron chi connectivity index (χ0n) is 5.40. The number of carbonyl (C=O) groups excluding carboxylic acids is 1. The molecule has 10 heavy (non-hydrogen) atoms. The Kier molecular flexibility index (Phi) is 3.62. The van der Waals surface area contributed by atoms with E-state index in [1.807, 2.05) is 5.43 Å². The van der Waals surface area contributed by atoms with Crippen LogP contribution in [-0.4, -0.2) is 23.2 Å². The standard InChI is InChI=1S/C4H8N4O2/c1-3(2-6-10)7-8-4(5)9/h2,10H,1H3,(H3,5,8,9)/b6-2+,7-3+. The summed E-state index contributed by atoms with van der Waals surface area (Å²) < 4.78 is 0. The molecule has 0 aliphatic heterocycles. The molecule has 56 valence electrons. The molecule has 0 aromatic rings. The number of amides is 2. The van der Waals surface area contributed by atoms with Gasteiger partial charge in [0.25, 0.3) is 0 Å². The minimum atomic E-state index is -0.759. The molecule has 6 heteroatoms. The largest absolute Gasteiger partial charge is 0.411 e. The molecule has 0 heterocycles. The van der Waals surface area contributed by atoms with E-state index in [0.717, 1.165) is 6.21 Å². The van der Waals surface area contributed by atoms with E-state index < -0.39 is 6.03 Å². The normalized spacial score (nSPS) is 11.9. The smallest absolute Gasteiger partial charge is 0.332 e. The lowest BCUT2D eigenvalue weighted by atomic mass is 10.5. The first kappa shape index (κ1) is 8.41. The van der Waals surface area contributed by atoms with Crippen LogP contribution in [0, 0.1) is 0 Å². The van der Waals surface area contributed by atoms with Crippen LogP contribution in [0.15, 0.2) is 10.3 Å². The maximum atomic E-state index is 10.0. The lowest BCUT2D eigenvalue weighted by molar-refractivity contribution is 0.249. The number of nitrogens with two attached hydrogens (primary N) is 1. The second kappa shape index (κ2) is 4.30. The Morgan fingerprint density at radius 1 is 1.80 bits per heavy atom. The monoisotopic (exact) mass is 144 g/mol. The van der Waals surface area contributed by atoms with E-state index in [1.54, 1.807) is 0 Å². The van der Waals surface area contributed by atoms with Gasteiger partial charge in [-0.2, -0.15) is 5.10 Å². The number of nitrogens with zero attached hydrogens (tertiary/aromatic N) is 2. The van der Waals surface area contributed by atoms with E-state index in [2.05, 4.69) is 16.0 Å². The lowest BCUT2D eigenvalue weighted by Crippen LogP contribution is -2.25. The van der Waals surface area contributed by atoms with Gasteiger partial charge in [-0.25, -0.2) is 10.2 Å². The minimum absolute atomic E-state index is 0.348. The molecule has 0 radical (unpaired) electrons. The van der Waals surface area contributed by atoms with Gasteiger partial charge < -0.3 is 10.9 Å². The Hall–Kier alpha value is -1.59. The second-order valence-corrected chi connectivity index (χ2v) is 1.47. The van der Waals surface area contributed by atoms with Gasteiger partial charge in [-0.15, -0.1) is 0 Å². The third-order valence-electron chi connectivity index (χ3n) is 0.587. The Balaban J connectivity index is 3.80. The summed E-state index contributed by atoms with van der Waals surface area (Å²) in [7, 11) is 0. The fourth-order valence-corrected chi connectivity index (χ4v) is 0.256. The fourth-order valence-electron chi connectivity index (χ4n) is 0.256. The Bertz CT molecular complexity index is 174. The Morgan fingerprint density at radius 2 is 2.40 bits per heavy atom. The van der Waals surface area contributed by atoms with Gasteiger partial charge in [0.05, 0.1) is 11.9 Å². The van der Waals surface area contributed by atoms with Crippen LogP contribution in [0.25, 0.3) is 0 Å². The predicted octanol–water partition coefficient (Wildman–Crippen LogP) is -0.509. The summed E-state index contributed by atoms with van der Waals surface area (Å²) in [5.74, 6) is 0. The number of oxime groups is 1. The van der Waals surface area contributed by atoms with Crippen molar-refractivity contribution in [2.24, 2.45) is 16.0 Å². The SMILES string of the molecule is CC(/C=N/O)=N\NC(N)=O. The van der Waals surface area contributed by atoms with Crippen LogP contribution in [0.2, 0.25) is 0 Å². The number of hydrogen-bond donors (Lipinski definition) is 3. The summed E-state index contributed by atoms with van der Waals surface area (Å²) in [5, 5.41) is 14.0. The van der Waals surface area contributed by atoms with Crippen molar-refractivity contribution in [3.63, 3.8) is 0 Å². The molecule has 0 saturated carbocycles. The molecule has 0 rings (SSSR count). The van der Waals surface area contributed by atoms with Crippen molar-refractivity contribution in [3.05, 3.63) is 0 Å². The van der Waals surface area contributed by atoms with Crippen LogP contribution < -0.4 is 11.2 Å². The van der Waals surface area contributed by atoms with Crippen molar-refractivity contribution in [1.82, 2.24) is 5.43 Å². The summed E-state index contributed by atoms with van der Waals surface area (Å²) in [4.78, 5) is 10.0. The summed E-state index contributed by atoms with van der Waals surface area (Å²) in [6.07, 6.45) is 1.07. The first-order valence-electron chi connectivity index (χ1n) is 2.44. The van der Waals surface area contributed by atoms with Crippen molar-refractivity contribution in [2.75, 3.05) is 0 Å². The molecule has 0 fully saturated rings. The van der Waals surface area contributed by atoms with Crippen molar-refractivity contribution in [1.29, 1.82) is 0 Å². The van der Waals surface area contributed by atoms with Crippen molar-refractivity contribution in [3.8, 4) is 0 Å². The van der Waals surface area contributed by atoms with Gasteiger partial charge in [0.2, 0.25) is 0 Å². The van der Waals surface area contributed by atoms with E-state index >= 15 is 0 Å². The summed E-state index contributed by atoms with van der Waals surface area (Å²) in [6, 6.07) is -0.759. The Labute approximate surface area is 57.4 Å². The van der Waals surface area contributed by atoms with Gasteiger partial charge in [0, 0.05) is 0 Å². The molecule has 0 aliphatic carbocycles.